The fourth-order valence-corrected chi connectivity index (χ4v) is 2.33. The van der Waals surface area contributed by atoms with Crippen LogP contribution in [-0.4, -0.2) is 35.8 Å². The minimum atomic E-state index is -0.312. The summed E-state index contributed by atoms with van der Waals surface area (Å²) < 4.78 is 0. The van der Waals surface area contributed by atoms with E-state index in [0.717, 1.165) is 12.8 Å². The third-order valence-corrected chi connectivity index (χ3v) is 3.60. The van der Waals surface area contributed by atoms with Gasteiger partial charge in [0, 0.05) is 13.1 Å². The van der Waals surface area contributed by atoms with Crippen LogP contribution in [0.3, 0.4) is 0 Å². The summed E-state index contributed by atoms with van der Waals surface area (Å²) in [6, 6.07) is -0.0312. The van der Waals surface area contributed by atoms with Gasteiger partial charge in [-0.3, -0.25) is 14.5 Å². The van der Waals surface area contributed by atoms with Gasteiger partial charge in [0.25, 0.3) is 0 Å². The summed E-state index contributed by atoms with van der Waals surface area (Å²) in [6.07, 6.45) is 2.49. The van der Waals surface area contributed by atoms with E-state index in [2.05, 4.69) is 26.1 Å². The number of rotatable bonds is 5. The molecule has 1 rings (SSSR count). The largest absolute Gasteiger partial charge is 0.303 e. The summed E-state index contributed by atoms with van der Waals surface area (Å²) in [6.45, 7) is 6.40. The van der Waals surface area contributed by atoms with E-state index in [9.17, 15) is 9.59 Å². The van der Waals surface area contributed by atoms with Crippen LogP contribution < -0.4 is 5.32 Å². The van der Waals surface area contributed by atoms with Crippen molar-refractivity contribution in [2.24, 2.45) is 5.92 Å². The van der Waals surface area contributed by atoms with E-state index in [1.54, 1.807) is 7.05 Å². The molecule has 1 N–H and O–H groups in total. The van der Waals surface area contributed by atoms with Crippen molar-refractivity contribution in [2.75, 3.05) is 7.05 Å². The van der Waals surface area contributed by atoms with E-state index in [4.69, 9.17) is 0 Å². The zero-order valence-corrected chi connectivity index (χ0v) is 10.6. The van der Waals surface area contributed by atoms with Gasteiger partial charge in [0.15, 0.2) is 0 Å². The van der Waals surface area contributed by atoms with Crippen molar-refractivity contribution in [2.45, 2.75) is 52.1 Å². The van der Waals surface area contributed by atoms with Gasteiger partial charge in [-0.2, -0.15) is 0 Å². The average Bonchev–Trinajstić information content (AvgIpc) is 2.48. The Labute approximate surface area is 97.4 Å². The molecule has 0 aromatic heterocycles. The number of amides is 2. The number of nitrogens with one attached hydrogen (secondary N) is 1. The lowest BCUT2D eigenvalue weighted by atomic mass is 9.95. The molecule has 0 aromatic rings. The number of imide groups is 1. The highest BCUT2D eigenvalue weighted by Gasteiger charge is 2.36. The van der Waals surface area contributed by atoms with Crippen molar-refractivity contribution in [1.82, 2.24) is 10.2 Å². The fraction of sp³-hybridized carbons (Fsp3) is 0.833. The molecule has 1 saturated heterocycles. The molecule has 0 spiro atoms. The minimum absolute atomic E-state index is 0.0840. The summed E-state index contributed by atoms with van der Waals surface area (Å²) in [7, 11) is 1.55. The second-order valence-electron chi connectivity index (χ2n) is 4.58. The van der Waals surface area contributed by atoms with Crippen molar-refractivity contribution in [3.8, 4) is 0 Å². The third-order valence-electron chi connectivity index (χ3n) is 3.60. The molecule has 0 saturated carbocycles. The first-order valence-electron chi connectivity index (χ1n) is 6.07. The maximum Gasteiger partial charge on any atom is 0.246 e. The van der Waals surface area contributed by atoms with Gasteiger partial charge in [-0.05, 0) is 12.8 Å². The summed E-state index contributed by atoms with van der Waals surface area (Å²) in [5.41, 5.74) is 0. The zero-order chi connectivity index (χ0) is 12.3. The number of likely N-dealkylation sites (tertiary alicyclic amines) is 1. The Morgan fingerprint density at radius 1 is 1.38 bits per heavy atom. The van der Waals surface area contributed by atoms with Gasteiger partial charge in [0.1, 0.15) is 0 Å². The quantitative estimate of drug-likeness (QED) is 0.716. The van der Waals surface area contributed by atoms with Crippen LogP contribution in [0.4, 0.5) is 0 Å². The van der Waals surface area contributed by atoms with Gasteiger partial charge in [-0.25, -0.2) is 0 Å². The number of hydrogen-bond acceptors (Lipinski definition) is 3. The van der Waals surface area contributed by atoms with Gasteiger partial charge >= 0.3 is 0 Å². The molecular formula is C12H22N2O2. The van der Waals surface area contributed by atoms with E-state index >= 15 is 0 Å². The van der Waals surface area contributed by atoms with Crippen LogP contribution >= 0.6 is 0 Å². The molecular weight excluding hydrogens is 204 g/mol. The Morgan fingerprint density at radius 3 is 2.31 bits per heavy atom. The van der Waals surface area contributed by atoms with Gasteiger partial charge in [0.05, 0.1) is 12.5 Å². The van der Waals surface area contributed by atoms with Gasteiger partial charge in [-0.15, -0.1) is 0 Å². The van der Waals surface area contributed by atoms with Crippen LogP contribution in [-0.2, 0) is 9.59 Å². The highest BCUT2D eigenvalue weighted by Crippen LogP contribution is 2.17. The Morgan fingerprint density at radius 2 is 1.94 bits per heavy atom. The summed E-state index contributed by atoms with van der Waals surface area (Å²) >= 11 is 0. The Bertz CT molecular complexity index is 274. The SMILES string of the molecule is CCC(CC)C(C)NC1CC(=O)N(C)C1=O. The monoisotopic (exact) mass is 226 g/mol. The predicted molar refractivity (Wildman–Crippen MR) is 62.9 cm³/mol. The van der Waals surface area contributed by atoms with E-state index in [1.165, 1.54) is 4.90 Å². The zero-order valence-electron chi connectivity index (χ0n) is 10.6. The number of nitrogens with zero attached hydrogens (tertiary/aromatic N) is 1. The number of likely N-dealkylation sites (N-methyl/N-ethyl adjacent to an activating group) is 1. The Kier molecular flexibility index (Phi) is 4.47. The van der Waals surface area contributed by atoms with Crippen LogP contribution in [0.25, 0.3) is 0 Å². The highest BCUT2D eigenvalue weighted by molar-refractivity contribution is 6.05. The number of carbonyl (C=O) groups is 2. The van der Waals surface area contributed by atoms with Gasteiger partial charge in [0.2, 0.25) is 11.8 Å². The van der Waals surface area contributed by atoms with Gasteiger partial charge in [-0.1, -0.05) is 26.7 Å². The van der Waals surface area contributed by atoms with Crippen molar-refractivity contribution in [1.29, 1.82) is 0 Å². The molecule has 0 radical (unpaired) electrons. The molecule has 4 heteroatoms. The lowest BCUT2D eigenvalue weighted by Crippen LogP contribution is -2.44. The molecule has 0 aromatic carbocycles. The fourth-order valence-electron chi connectivity index (χ4n) is 2.33. The molecule has 92 valence electrons. The predicted octanol–water partition coefficient (Wildman–Crippen LogP) is 1.16. The van der Waals surface area contributed by atoms with Gasteiger partial charge < -0.3 is 5.32 Å². The Hall–Kier alpha value is -0.900. The second-order valence-corrected chi connectivity index (χ2v) is 4.58. The third kappa shape index (κ3) is 2.61. The van der Waals surface area contributed by atoms with Crippen molar-refractivity contribution >= 4 is 11.8 Å². The van der Waals surface area contributed by atoms with Crippen molar-refractivity contribution in [3.05, 3.63) is 0 Å². The average molecular weight is 226 g/mol. The molecule has 2 amide bonds. The van der Waals surface area contributed by atoms with Crippen molar-refractivity contribution in [3.63, 3.8) is 0 Å². The van der Waals surface area contributed by atoms with Crippen LogP contribution in [0.2, 0.25) is 0 Å². The Balaban J connectivity index is 2.55. The lowest BCUT2D eigenvalue weighted by molar-refractivity contribution is -0.137. The lowest BCUT2D eigenvalue weighted by Gasteiger charge is -2.25. The molecule has 1 aliphatic heterocycles. The standard InChI is InChI=1S/C12H22N2O2/c1-5-9(6-2)8(3)13-10-7-11(15)14(4)12(10)16/h8-10,13H,5-7H2,1-4H3. The maximum absolute atomic E-state index is 11.7. The molecule has 1 heterocycles. The van der Waals surface area contributed by atoms with E-state index in [0.29, 0.717) is 12.3 Å². The number of carbonyl (C=O) groups excluding carboxylic acids is 2. The molecule has 0 bridgehead atoms. The minimum Gasteiger partial charge on any atom is -0.303 e. The maximum atomic E-state index is 11.7. The first-order valence-corrected chi connectivity index (χ1v) is 6.07. The molecule has 4 nitrogen and oxygen atoms in total. The molecule has 16 heavy (non-hydrogen) atoms. The molecule has 0 aliphatic carbocycles. The number of hydrogen-bond donors (Lipinski definition) is 1. The van der Waals surface area contributed by atoms with E-state index in [1.807, 2.05) is 0 Å². The summed E-state index contributed by atoms with van der Waals surface area (Å²) in [4.78, 5) is 24.3. The molecule has 2 unspecified atom stereocenters. The highest BCUT2D eigenvalue weighted by atomic mass is 16.2. The smallest absolute Gasteiger partial charge is 0.246 e. The summed E-state index contributed by atoms with van der Waals surface area (Å²) in [5, 5.41) is 3.28. The van der Waals surface area contributed by atoms with Crippen LogP contribution in [0.1, 0.15) is 40.0 Å². The van der Waals surface area contributed by atoms with E-state index in [-0.39, 0.29) is 23.9 Å². The van der Waals surface area contributed by atoms with E-state index < -0.39 is 0 Å². The van der Waals surface area contributed by atoms with Crippen molar-refractivity contribution < 1.29 is 9.59 Å². The summed E-state index contributed by atoms with van der Waals surface area (Å²) in [5.74, 6) is 0.385. The van der Waals surface area contributed by atoms with Crippen LogP contribution in [0.15, 0.2) is 0 Å². The topological polar surface area (TPSA) is 49.4 Å². The first kappa shape index (κ1) is 13.2. The second kappa shape index (κ2) is 5.43. The normalized spacial score (nSPS) is 23.3. The molecule has 1 fully saturated rings. The molecule has 1 aliphatic rings. The van der Waals surface area contributed by atoms with Crippen LogP contribution in [0.5, 0.6) is 0 Å². The molecule has 2 atom stereocenters. The first-order chi connectivity index (χ1) is 7.51. The van der Waals surface area contributed by atoms with Crippen LogP contribution in [0, 0.1) is 5.92 Å².